The van der Waals surface area contributed by atoms with E-state index in [2.05, 4.69) is 15.6 Å². The summed E-state index contributed by atoms with van der Waals surface area (Å²) >= 11 is 1.53. The smallest absolute Gasteiger partial charge is 0.315 e. The van der Waals surface area contributed by atoms with Gasteiger partial charge in [-0.2, -0.15) is 0 Å². The lowest BCUT2D eigenvalue weighted by molar-refractivity contribution is 0.155. The molecule has 2 amide bonds. The molecule has 5 nitrogen and oxygen atoms in total. The molecule has 100 valence electrons. The lowest BCUT2D eigenvalue weighted by Gasteiger charge is -2.28. The van der Waals surface area contributed by atoms with Crippen molar-refractivity contribution in [2.75, 3.05) is 6.61 Å². The second-order valence-corrected chi connectivity index (χ2v) is 5.96. The summed E-state index contributed by atoms with van der Waals surface area (Å²) in [5, 5.41) is 15.1. The molecular weight excluding hydrogens is 250 g/mol. The first-order valence-electron chi connectivity index (χ1n) is 6.11. The molecule has 0 saturated heterocycles. The Labute approximate surface area is 111 Å². The molecule has 1 atom stereocenters. The van der Waals surface area contributed by atoms with E-state index in [1.54, 1.807) is 5.51 Å². The van der Waals surface area contributed by atoms with Crippen LogP contribution in [0.3, 0.4) is 0 Å². The first-order chi connectivity index (χ1) is 8.55. The van der Waals surface area contributed by atoms with Crippen molar-refractivity contribution in [2.24, 2.45) is 5.92 Å². The van der Waals surface area contributed by atoms with Crippen LogP contribution in [0.1, 0.15) is 30.3 Å². The number of rotatable bonds is 5. The fraction of sp³-hybridized carbons (Fsp3) is 0.667. The van der Waals surface area contributed by atoms with Crippen molar-refractivity contribution < 1.29 is 9.90 Å². The SMILES string of the molecule is Cc1ncsc1CNC(=O)NC(C)(CO)C1CC1. The van der Waals surface area contributed by atoms with Crippen LogP contribution >= 0.6 is 11.3 Å². The number of carbonyl (C=O) groups is 1. The van der Waals surface area contributed by atoms with Gasteiger partial charge in [0.15, 0.2) is 0 Å². The normalized spacial score (nSPS) is 18.2. The van der Waals surface area contributed by atoms with Crippen LogP contribution in [0.4, 0.5) is 4.79 Å². The first kappa shape index (κ1) is 13.3. The van der Waals surface area contributed by atoms with Crippen molar-refractivity contribution in [2.45, 2.75) is 38.8 Å². The highest BCUT2D eigenvalue weighted by atomic mass is 32.1. The third kappa shape index (κ3) is 3.00. The average Bonchev–Trinajstić information content (AvgIpc) is 3.12. The van der Waals surface area contributed by atoms with Gasteiger partial charge in [0.1, 0.15) is 0 Å². The van der Waals surface area contributed by atoms with E-state index in [0.717, 1.165) is 23.4 Å². The van der Waals surface area contributed by atoms with Gasteiger partial charge in [0.2, 0.25) is 0 Å². The number of thiazole rings is 1. The van der Waals surface area contributed by atoms with Crippen molar-refractivity contribution in [1.29, 1.82) is 0 Å². The molecule has 1 fully saturated rings. The molecule has 1 unspecified atom stereocenters. The number of aliphatic hydroxyl groups excluding tert-OH is 1. The van der Waals surface area contributed by atoms with Crippen LogP contribution in [0.25, 0.3) is 0 Å². The lowest BCUT2D eigenvalue weighted by Crippen LogP contribution is -2.53. The van der Waals surface area contributed by atoms with Gasteiger partial charge < -0.3 is 15.7 Å². The molecular formula is C12H19N3O2S. The molecule has 1 aromatic heterocycles. The number of aliphatic hydroxyl groups is 1. The van der Waals surface area contributed by atoms with Gasteiger partial charge in [-0.3, -0.25) is 0 Å². The Bertz CT molecular complexity index is 431. The standard InChI is InChI=1S/C12H19N3O2S/c1-8-10(18-7-14-8)5-13-11(17)15-12(2,6-16)9-3-4-9/h7,9,16H,3-6H2,1-2H3,(H2,13,15,17). The van der Waals surface area contributed by atoms with E-state index in [-0.39, 0.29) is 12.6 Å². The van der Waals surface area contributed by atoms with Crippen LogP contribution < -0.4 is 10.6 Å². The third-order valence-corrected chi connectivity index (χ3v) is 4.40. The van der Waals surface area contributed by atoms with Crippen LogP contribution in [-0.2, 0) is 6.54 Å². The van der Waals surface area contributed by atoms with Crippen LogP contribution in [0.2, 0.25) is 0 Å². The molecule has 3 N–H and O–H groups in total. The minimum atomic E-state index is -0.493. The lowest BCUT2D eigenvalue weighted by atomic mass is 9.97. The zero-order valence-electron chi connectivity index (χ0n) is 10.7. The number of carbonyl (C=O) groups excluding carboxylic acids is 1. The Balaban J connectivity index is 1.83. The molecule has 0 aliphatic heterocycles. The number of amides is 2. The van der Waals surface area contributed by atoms with Gasteiger partial charge in [-0.25, -0.2) is 9.78 Å². The van der Waals surface area contributed by atoms with Gasteiger partial charge >= 0.3 is 6.03 Å². The Kier molecular flexibility index (Phi) is 3.87. The maximum Gasteiger partial charge on any atom is 0.315 e. The summed E-state index contributed by atoms with van der Waals surface area (Å²) in [6.07, 6.45) is 2.15. The second kappa shape index (κ2) is 5.24. The van der Waals surface area contributed by atoms with Crippen molar-refractivity contribution >= 4 is 17.4 Å². The van der Waals surface area contributed by atoms with Crippen LogP contribution in [-0.4, -0.2) is 28.3 Å². The number of urea groups is 1. The van der Waals surface area contributed by atoms with Gasteiger partial charge in [0.25, 0.3) is 0 Å². The number of hydrogen-bond donors (Lipinski definition) is 3. The fourth-order valence-corrected chi connectivity index (χ4v) is 2.67. The molecule has 0 spiro atoms. The molecule has 1 saturated carbocycles. The Morgan fingerprint density at radius 1 is 1.67 bits per heavy atom. The van der Waals surface area contributed by atoms with Crippen molar-refractivity contribution in [3.05, 3.63) is 16.1 Å². The van der Waals surface area contributed by atoms with Gasteiger partial charge in [-0.15, -0.1) is 11.3 Å². The van der Waals surface area contributed by atoms with E-state index in [4.69, 9.17) is 0 Å². The van der Waals surface area contributed by atoms with Gasteiger partial charge in [-0.1, -0.05) is 0 Å². The van der Waals surface area contributed by atoms with Gasteiger partial charge in [0.05, 0.1) is 29.9 Å². The summed E-state index contributed by atoms with van der Waals surface area (Å²) in [5.74, 6) is 0.401. The summed E-state index contributed by atoms with van der Waals surface area (Å²) in [7, 11) is 0. The van der Waals surface area contributed by atoms with E-state index in [9.17, 15) is 9.90 Å². The van der Waals surface area contributed by atoms with Gasteiger partial charge in [0, 0.05) is 4.88 Å². The molecule has 0 aromatic carbocycles. The topological polar surface area (TPSA) is 74.2 Å². The summed E-state index contributed by atoms with van der Waals surface area (Å²) in [5.41, 5.74) is 2.23. The maximum atomic E-state index is 11.8. The van der Waals surface area contributed by atoms with E-state index in [0.29, 0.717) is 12.5 Å². The fourth-order valence-electron chi connectivity index (χ4n) is 1.95. The monoisotopic (exact) mass is 269 g/mol. The third-order valence-electron chi connectivity index (χ3n) is 3.46. The highest BCUT2D eigenvalue weighted by molar-refractivity contribution is 7.09. The highest BCUT2D eigenvalue weighted by Gasteiger charge is 2.42. The van der Waals surface area contributed by atoms with Crippen LogP contribution in [0, 0.1) is 12.8 Å². The minimum Gasteiger partial charge on any atom is -0.394 e. The predicted octanol–water partition coefficient (Wildman–Crippen LogP) is 1.41. The molecule has 18 heavy (non-hydrogen) atoms. The number of hydrogen-bond acceptors (Lipinski definition) is 4. The quantitative estimate of drug-likeness (QED) is 0.756. The van der Waals surface area contributed by atoms with Crippen molar-refractivity contribution in [1.82, 2.24) is 15.6 Å². The largest absolute Gasteiger partial charge is 0.394 e. The highest BCUT2D eigenvalue weighted by Crippen LogP contribution is 2.39. The average molecular weight is 269 g/mol. The van der Waals surface area contributed by atoms with E-state index in [1.165, 1.54) is 11.3 Å². The first-order valence-corrected chi connectivity index (χ1v) is 6.99. The zero-order valence-corrected chi connectivity index (χ0v) is 11.5. The van der Waals surface area contributed by atoms with Crippen LogP contribution in [0.5, 0.6) is 0 Å². The summed E-state index contributed by atoms with van der Waals surface area (Å²) in [4.78, 5) is 17.0. The summed E-state index contributed by atoms with van der Waals surface area (Å²) in [6.45, 7) is 4.27. The number of aromatic nitrogens is 1. The molecule has 1 heterocycles. The van der Waals surface area contributed by atoms with Gasteiger partial charge in [-0.05, 0) is 32.6 Å². The number of nitrogens with one attached hydrogen (secondary N) is 2. The number of aryl methyl sites for hydroxylation is 1. The van der Waals surface area contributed by atoms with E-state index >= 15 is 0 Å². The Morgan fingerprint density at radius 3 is 2.89 bits per heavy atom. The van der Waals surface area contributed by atoms with E-state index in [1.807, 2.05) is 13.8 Å². The van der Waals surface area contributed by atoms with Crippen molar-refractivity contribution in [3.63, 3.8) is 0 Å². The Hall–Kier alpha value is -1.14. The Morgan fingerprint density at radius 2 is 2.39 bits per heavy atom. The van der Waals surface area contributed by atoms with Crippen molar-refractivity contribution in [3.8, 4) is 0 Å². The van der Waals surface area contributed by atoms with Crippen LogP contribution in [0.15, 0.2) is 5.51 Å². The second-order valence-electron chi connectivity index (χ2n) is 5.02. The molecule has 2 rings (SSSR count). The molecule has 6 heteroatoms. The summed E-state index contributed by atoms with van der Waals surface area (Å²) in [6, 6.07) is -0.230. The molecule has 0 radical (unpaired) electrons. The predicted molar refractivity (Wildman–Crippen MR) is 70.4 cm³/mol. The number of nitrogens with zero attached hydrogens (tertiary/aromatic N) is 1. The molecule has 0 bridgehead atoms. The maximum absolute atomic E-state index is 11.8. The molecule has 1 aliphatic carbocycles. The molecule has 1 aromatic rings. The molecule has 1 aliphatic rings. The zero-order chi connectivity index (χ0) is 13.2. The minimum absolute atomic E-state index is 0.0231. The van der Waals surface area contributed by atoms with E-state index < -0.39 is 5.54 Å². The summed E-state index contributed by atoms with van der Waals surface area (Å²) < 4.78 is 0.